The number of hydrogen-bond donors (Lipinski definition) is 1. The molecule has 2 N–H and O–H groups in total. The summed E-state index contributed by atoms with van der Waals surface area (Å²) in [6.07, 6.45) is 0.777. The molecule has 1 aliphatic rings. The lowest BCUT2D eigenvalue weighted by atomic mass is 10.0. The summed E-state index contributed by atoms with van der Waals surface area (Å²) < 4.78 is 15.5. The van der Waals surface area contributed by atoms with Crippen LogP contribution in [-0.2, 0) is 27.2 Å². The van der Waals surface area contributed by atoms with Gasteiger partial charge in [-0.3, -0.25) is 9.69 Å². The van der Waals surface area contributed by atoms with Gasteiger partial charge in [0.15, 0.2) is 0 Å². The molecule has 30 heavy (non-hydrogen) atoms. The first kappa shape index (κ1) is 22.6. The Kier molecular flexibility index (Phi) is 7.71. The predicted octanol–water partition coefficient (Wildman–Crippen LogP) is 0.330. The van der Waals surface area contributed by atoms with Crippen LogP contribution in [0.3, 0.4) is 0 Å². The van der Waals surface area contributed by atoms with Gasteiger partial charge in [-0.2, -0.15) is 0 Å². The molecule has 1 aliphatic heterocycles. The maximum absolute atomic E-state index is 12.6. The van der Waals surface area contributed by atoms with Gasteiger partial charge in [0, 0.05) is 42.0 Å². The number of carbonyl (C=O) groups excluding carboxylic acids is 1. The molecule has 8 nitrogen and oxygen atoms in total. The highest BCUT2D eigenvalue weighted by Crippen LogP contribution is 2.33. The normalized spacial score (nSPS) is 14.9. The van der Waals surface area contributed by atoms with E-state index in [1.807, 2.05) is 5.32 Å². The third-order valence-electron chi connectivity index (χ3n) is 5.46. The van der Waals surface area contributed by atoms with Gasteiger partial charge in [-0.15, -0.1) is 0 Å². The maximum atomic E-state index is 12.6. The number of morpholine rings is 1. The summed E-state index contributed by atoms with van der Waals surface area (Å²) in [6, 6.07) is 1.50. The first-order valence-electron chi connectivity index (χ1n) is 10.1. The van der Waals surface area contributed by atoms with Crippen LogP contribution in [-0.4, -0.2) is 57.4 Å². The first-order chi connectivity index (χ1) is 14.4. The number of nitrogens with zero attached hydrogens (tertiary/aromatic N) is 1. The monoisotopic (exact) mass is 438 g/mol. The van der Waals surface area contributed by atoms with Gasteiger partial charge in [0.2, 0.25) is 0 Å². The maximum Gasteiger partial charge on any atom is 0.340 e. The lowest BCUT2D eigenvalue weighted by Crippen LogP contribution is -2.82. The van der Waals surface area contributed by atoms with Crippen molar-refractivity contribution in [3.05, 3.63) is 38.2 Å². The fourth-order valence-corrected chi connectivity index (χ4v) is 3.89. The number of esters is 1. The number of aryl methyl sites for hydroxylation is 1. The van der Waals surface area contributed by atoms with E-state index in [4.69, 9.17) is 20.8 Å². The number of halogens is 1. The molecular formula is C21H27ClN2O6. The minimum atomic E-state index is -0.638. The summed E-state index contributed by atoms with van der Waals surface area (Å²) in [7, 11) is 1.26. The van der Waals surface area contributed by atoms with Crippen LogP contribution in [0.25, 0.3) is 11.0 Å². The van der Waals surface area contributed by atoms with Crippen molar-refractivity contribution in [1.82, 2.24) is 4.90 Å². The van der Waals surface area contributed by atoms with Crippen LogP contribution in [0.1, 0.15) is 23.1 Å². The Hall–Kier alpha value is -2.13. The smallest absolute Gasteiger partial charge is 0.340 e. The number of carbonyl (C=O) groups is 1. The molecule has 0 radical (unpaired) electrons. The highest BCUT2D eigenvalue weighted by Gasteiger charge is 2.19. The molecule has 0 aliphatic carbocycles. The number of quaternary nitrogens is 1. The van der Waals surface area contributed by atoms with Crippen LogP contribution in [0.4, 0.5) is 0 Å². The zero-order valence-electron chi connectivity index (χ0n) is 17.3. The number of benzene rings is 1. The Morgan fingerprint density at radius 2 is 2.07 bits per heavy atom. The number of fused-ring (bicyclic) bond motifs is 1. The van der Waals surface area contributed by atoms with Gasteiger partial charge in [-0.1, -0.05) is 17.4 Å². The molecular weight excluding hydrogens is 412 g/mol. The SMILES string of the molecule is COC(=O)Cc1c(C)c2cc(Cl)c([O-])c(C[NH2+]CCCN3CCOCC3)c2oc1=O. The van der Waals surface area contributed by atoms with Crippen LogP contribution in [0.2, 0.25) is 5.02 Å². The molecule has 0 spiro atoms. The van der Waals surface area contributed by atoms with Gasteiger partial charge in [0.05, 0.1) is 38.9 Å². The number of nitrogens with two attached hydrogens (primary N) is 1. The van der Waals surface area contributed by atoms with Gasteiger partial charge in [-0.25, -0.2) is 4.79 Å². The standard InChI is InChI=1S/C21H27ClN2O6/c1-13-14-10-17(22)19(26)16(12-23-4-3-5-24-6-8-29-9-7-24)20(14)30-21(27)15(13)11-18(25)28-2/h10,23,26H,3-9,11-12H2,1-2H3. The molecule has 1 aromatic carbocycles. The Bertz CT molecular complexity index is 968. The molecule has 1 fully saturated rings. The van der Waals surface area contributed by atoms with Gasteiger partial charge < -0.3 is 24.3 Å². The second kappa shape index (κ2) is 10.3. The predicted molar refractivity (Wildman–Crippen MR) is 110 cm³/mol. The van der Waals surface area contributed by atoms with E-state index >= 15 is 0 Å². The van der Waals surface area contributed by atoms with Crippen molar-refractivity contribution in [2.24, 2.45) is 0 Å². The van der Waals surface area contributed by atoms with Crippen molar-refractivity contribution < 1.29 is 29.1 Å². The van der Waals surface area contributed by atoms with Gasteiger partial charge in [0.1, 0.15) is 12.1 Å². The Morgan fingerprint density at radius 3 is 2.77 bits per heavy atom. The minimum Gasteiger partial charge on any atom is -0.871 e. The van der Waals surface area contributed by atoms with E-state index in [9.17, 15) is 14.7 Å². The summed E-state index contributed by atoms with van der Waals surface area (Å²) in [4.78, 5) is 26.5. The second-order valence-electron chi connectivity index (χ2n) is 7.38. The molecule has 1 aromatic heterocycles. The van der Waals surface area contributed by atoms with Crippen molar-refractivity contribution in [2.45, 2.75) is 26.3 Å². The number of methoxy groups -OCH3 is 1. The average Bonchev–Trinajstić information content (AvgIpc) is 2.75. The largest absolute Gasteiger partial charge is 0.871 e. The van der Waals surface area contributed by atoms with Crippen LogP contribution < -0.4 is 16.0 Å². The number of rotatable bonds is 8. The molecule has 0 amide bonds. The highest BCUT2D eigenvalue weighted by atomic mass is 35.5. The van der Waals surface area contributed by atoms with Gasteiger partial charge >= 0.3 is 11.6 Å². The second-order valence-corrected chi connectivity index (χ2v) is 7.78. The third-order valence-corrected chi connectivity index (χ3v) is 5.74. The molecule has 164 valence electrons. The molecule has 0 atom stereocenters. The lowest BCUT2D eigenvalue weighted by molar-refractivity contribution is -0.671. The van der Waals surface area contributed by atoms with E-state index in [1.165, 1.54) is 13.2 Å². The quantitative estimate of drug-likeness (QED) is 0.359. The molecule has 0 unspecified atom stereocenters. The van der Waals surface area contributed by atoms with E-state index in [2.05, 4.69) is 9.64 Å². The van der Waals surface area contributed by atoms with Gasteiger partial charge in [-0.05, 0) is 18.6 Å². The third kappa shape index (κ3) is 5.13. The summed E-state index contributed by atoms with van der Waals surface area (Å²) in [6.45, 7) is 7.32. The van der Waals surface area contributed by atoms with Crippen LogP contribution in [0, 0.1) is 6.92 Å². The summed E-state index contributed by atoms with van der Waals surface area (Å²) >= 11 is 6.18. The molecule has 0 bridgehead atoms. The zero-order valence-corrected chi connectivity index (χ0v) is 18.0. The fraction of sp³-hybridized carbons (Fsp3) is 0.524. The molecule has 2 heterocycles. The molecule has 3 rings (SSSR count). The molecule has 0 saturated carbocycles. The van der Waals surface area contributed by atoms with Crippen LogP contribution in [0.5, 0.6) is 5.75 Å². The Morgan fingerprint density at radius 1 is 1.33 bits per heavy atom. The fourth-order valence-electron chi connectivity index (χ4n) is 3.67. The minimum absolute atomic E-state index is 0.0696. The van der Waals surface area contributed by atoms with Crippen molar-refractivity contribution in [3.63, 3.8) is 0 Å². The van der Waals surface area contributed by atoms with E-state index in [0.29, 0.717) is 23.1 Å². The highest BCUT2D eigenvalue weighted by molar-refractivity contribution is 6.33. The topological polar surface area (TPSA) is 109 Å². The van der Waals surface area contributed by atoms with E-state index < -0.39 is 11.6 Å². The summed E-state index contributed by atoms with van der Waals surface area (Å²) in [5, 5.41) is 15.3. The van der Waals surface area contributed by atoms with E-state index in [-0.39, 0.29) is 28.3 Å². The average molecular weight is 439 g/mol. The zero-order chi connectivity index (χ0) is 21.7. The van der Waals surface area contributed by atoms with Crippen molar-refractivity contribution in [2.75, 3.05) is 46.5 Å². The first-order valence-corrected chi connectivity index (χ1v) is 10.4. The molecule has 1 saturated heterocycles. The Balaban J connectivity index is 1.77. The molecule has 9 heteroatoms. The van der Waals surface area contributed by atoms with E-state index in [1.54, 1.807) is 6.92 Å². The number of hydrogen-bond acceptors (Lipinski definition) is 7. The molecule has 2 aromatic rings. The van der Waals surface area contributed by atoms with Gasteiger partial charge in [0.25, 0.3) is 0 Å². The van der Waals surface area contributed by atoms with Crippen molar-refractivity contribution in [1.29, 1.82) is 0 Å². The summed E-state index contributed by atoms with van der Waals surface area (Å²) in [5.74, 6) is -0.873. The summed E-state index contributed by atoms with van der Waals surface area (Å²) in [5.41, 5.74) is 0.756. The van der Waals surface area contributed by atoms with Crippen molar-refractivity contribution in [3.8, 4) is 5.75 Å². The van der Waals surface area contributed by atoms with Crippen LogP contribution >= 0.6 is 11.6 Å². The number of ether oxygens (including phenoxy) is 2. The lowest BCUT2D eigenvalue weighted by Gasteiger charge is -2.26. The van der Waals surface area contributed by atoms with E-state index in [0.717, 1.165) is 45.8 Å². The van der Waals surface area contributed by atoms with Crippen molar-refractivity contribution >= 4 is 28.5 Å². The Labute approximate surface area is 179 Å². The van der Waals surface area contributed by atoms with Crippen LogP contribution in [0.15, 0.2) is 15.3 Å².